The van der Waals surface area contributed by atoms with E-state index < -0.39 is 0 Å². The number of hydrogen-bond acceptors (Lipinski definition) is 6. The molecule has 1 atom stereocenters. The van der Waals surface area contributed by atoms with Gasteiger partial charge in [-0.3, -0.25) is 9.59 Å². The maximum absolute atomic E-state index is 13.7. The number of thiophene rings is 1. The Kier molecular flexibility index (Phi) is 8.71. The second-order valence-corrected chi connectivity index (χ2v) is 10.5. The van der Waals surface area contributed by atoms with E-state index in [9.17, 15) is 9.59 Å². The summed E-state index contributed by atoms with van der Waals surface area (Å²) in [6, 6.07) is 16.3. The van der Waals surface area contributed by atoms with Gasteiger partial charge in [-0.15, -0.1) is 11.3 Å². The summed E-state index contributed by atoms with van der Waals surface area (Å²) in [7, 11) is 3.21. The van der Waals surface area contributed by atoms with Gasteiger partial charge in [0.15, 0.2) is 0 Å². The number of ether oxygens (including phenoxy) is 3. The van der Waals surface area contributed by atoms with Gasteiger partial charge in [0.2, 0.25) is 5.91 Å². The van der Waals surface area contributed by atoms with Crippen LogP contribution in [0.25, 0.3) is 0 Å². The van der Waals surface area contributed by atoms with Gasteiger partial charge in [-0.1, -0.05) is 19.9 Å². The van der Waals surface area contributed by atoms with Gasteiger partial charge in [-0.25, -0.2) is 0 Å². The first-order chi connectivity index (χ1) is 17.9. The third-order valence-corrected chi connectivity index (χ3v) is 7.40. The number of benzene rings is 2. The van der Waals surface area contributed by atoms with Crippen molar-refractivity contribution < 1.29 is 23.8 Å². The van der Waals surface area contributed by atoms with Gasteiger partial charge < -0.3 is 24.0 Å². The maximum atomic E-state index is 13.7. The molecule has 1 aromatic heterocycles. The minimum absolute atomic E-state index is 0.0121. The zero-order chi connectivity index (χ0) is 26.4. The molecule has 0 unspecified atom stereocenters. The number of amides is 2. The van der Waals surface area contributed by atoms with Crippen molar-refractivity contribution in [2.45, 2.75) is 26.3 Å². The van der Waals surface area contributed by atoms with Crippen molar-refractivity contribution in [2.75, 3.05) is 40.5 Å². The molecule has 2 heterocycles. The average molecular weight is 523 g/mol. The molecule has 0 aliphatic carbocycles. The van der Waals surface area contributed by atoms with Crippen LogP contribution >= 0.6 is 11.3 Å². The molecular weight excluding hydrogens is 488 g/mol. The molecule has 0 radical (unpaired) electrons. The summed E-state index contributed by atoms with van der Waals surface area (Å²) in [5, 5.41) is 2.06. The quantitative estimate of drug-likeness (QED) is 0.372. The molecule has 196 valence electrons. The summed E-state index contributed by atoms with van der Waals surface area (Å²) in [4.78, 5) is 31.9. The van der Waals surface area contributed by atoms with Crippen LogP contribution in [0.3, 0.4) is 0 Å². The predicted octanol–water partition coefficient (Wildman–Crippen LogP) is 5.07. The van der Waals surface area contributed by atoms with Crippen LogP contribution in [0.2, 0.25) is 0 Å². The van der Waals surface area contributed by atoms with E-state index in [-0.39, 0.29) is 30.3 Å². The van der Waals surface area contributed by atoms with Crippen molar-refractivity contribution >= 4 is 23.2 Å². The number of rotatable bonds is 10. The van der Waals surface area contributed by atoms with Crippen molar-refractivity contribution in [3.63, 3.8) is 0 Å². The van der Waals surface area contributed by atoms with Crippen LogP contribution in [0.5, 0.6) is 17.2 Å². The highest BCUT2D eigenvalue weighted by Crippen LogP contribution is 2.34. The van der Waals surface area contributed by atoms with E-state index in [1.165, 1.54) is 4.88 Å². The van der Waals surface area contributed by atoms with E-state index in [0.29, 0.717) is 42.5 Å². The van der Waals surface area contributed by atoms with Crippen LogP contribution in [0.4, 0.5) is 0 Å². The number of carbonyl (C=O) groups is 2. The first kappa shape index (κ1) is 26.5. The van der Waals surface area contributed by atoms with Crippen LogP contribution in [0, 0.1) is 5.92 Å². The van der Waals surface area contributed by atoms with Crippen LogP contribution < -0.4 is 14.2 Å². The Hall–Kier alpha value is -3.52. The fourth-order valence-electron chi connectivity index (χ4n) is 4.57. The molecule has 3 aromatic rings. The highest BCUT2D eigenvalue weighted by molar-refractivity contribution is 7.10. The lowest BCUT2D eigenvalue weighted by atomic mass is 10.00. The Morgan fingerprint density at radius 2 is 1.76 bits per heavy atom. The van der Waals surface area contributed by atoms with E-state index in [4.69, 9.17) is 14.2 Å². The van der Waals surface area contributed by atoms with Crippen LogP contribution in [0.15, 0.2) is 60.0 Å². The normalized spacial score (nSPS) is 14.7. The standard InChI is InChI=1S/C29H34N2O5S/c1-20(2)17-30(29(33)21-8-10-22(34-3)11-9-21)18-28(32)31-14-12-27-25(13-15-37-27)26(31)19-36-24-7-5-6-23(16-24)35-4/h5-11,13,15-16,20,26H,12,14,17-19H2,1-4H3/t26-/m1/s1. The molecule has 2 aromatic carbocycles. The molecule has 0 fully saturated rings. The molecule has 0 bridgehead atoms. The number of hydrogen-bond donors (Lipinski definition) is 0. The minimum atomic E-state index is -0.231. The van der Waals surface area contributed by atoms with E-state index >= 15 is 0 Å². The van der Waals surface area contributed by atoms with Gasteiger partial charge in [0.1, 0.15) is 30.4 Å². The molecule has 0 N–H and O–H groups in total. The molecular formula is C29H34N2O5S. The van der Waals surface area contributed by atoms with Gasteiger partial charge in [0.25, 0.3) is 5.91 Å². The Morgan fingerprint density at radius 1 is 1.03 bits per heavy atom. The van der Waals surface area contributed by atoms with Crippen molar-refractivity contribution in [2.24, 2.45) is 5.92 Å². The van der Waals surface area contributed by atoms with Gasteiger partial charge in [0.05, 0.1) is 20.3 Å². The molecule has 37 heavy (non-hydrogen) atoms. The van der Waals surface area contributed by atoms with Gasteiger partial charge in [0, 0.05) is 29.6 Å². The molecule has 0 saturated carbocycles. The van der Waals surface area contributed by atoms with Gasteiger partial charge in [-0.05, 0) is 65.7 Å². The van der Waals surface area contributed by atoms with Crippen molar-refractivity contribution in [1.82, 2.24) is 9.80 Å². The van der Waals surface area contributed by atoms with E-state index in [1.807, 2.05) is 43.0 Å². The molecule has 1 aliphatic heterocycles. The molecule has 7 nitrogen and oxygen atoms in total. The molecule has 0 saturated heterocycles. The SMILES string of the molecule is COc1ccc(C(=O)N(CC(=O)N2CCc3sccc3[C@H]2COc2cccc(OC)c2)CC(C)C)cc1. The van der Waals surface area contributed by atoms with Crippen molar-refractivity contribution in [3.05, 3.63) is 76.0 Å². The maximum Gasteiger partial charge on any atom is 0.254 e. The zero-order valence-electron chi connectivity index (χ0n) is 21.8. The lowest BCUT2D eigenvalue weighted by Gasteiger charge is -2.37. The summed E-state index contributed by atoms with van der Waals surface area (Å²) in [6.07, 6.45) is 0.797. The summed E-state index contributed by atoms with van der Waals surface area (Å²) in [6.45, 7) is 5.49. The lowest BCUT2D eigenvalue weighted by molar-refractivity contribution is -0.135. The topological polar surface area (TPSA) is 68.3 Å². The molecule has 1 aliphatic rings. The Morgan fingerprint density at radius 3 is 2.46 bits per heavy atom. The Balaban J connectivity index is 1.52. The largest absolute Gasteiger partial charge is 0.497 e. The summed E-state index contributed by atoms with van der Waals surface area (Å²) < 4.78 is 16.7. The van der Waals surface area contributed by atoms with Crippen molar-refractivity contribution in [1.29, 1.82) is 0 Å². The number of nitrogens with zero attached hydrogens (tertiary/aromatic N) is 2. The fraction of sp³-hybridized carbons (Fsp3) is 0.379. The van der Waals surface area contributed by atoms with Crippen molar-refractivity contribution in [3.8, 4) is 17.2 Å². The van der Waals surface area contributed by atoms with Crippen LogP contribution in [-0.4, -0.2) is 62.1 Å². The van der Waals surface area contributed by atoms with Gasteiger partial charge >= 0.3 is 0 Å². The third kappa shape index (κ3) is 6.43. The van der Waals surface area contributed by atoms with Crippen LogP contribution in [-0.2, 0) is 11.2 Å². The molecule has 8 heteroatoms. The van der Waals surface area contributed by atoms with Crippen LogP contribution in [0.1, 0.15) is 40.7 Å². The lowest BCUT2D eigenvalue weighted by Crippen LogP contribution is -2.48. The first-order valence-corrected chi connectivity index (χ1v) is 13.3. The molecule has 4 rings (SSSR count). The van der Waals surface area contributed by atoms with E-state index in [0.717, 1.165) is 12.0 Å². The minimum Gasteiger partial charge on any atom is -0.497 e. The monoisotopic (exact) mass is 522 g/mol. The predicted molar refractivity (Wildman–Crippen MR) is 145 cm³/mol. The third-order valence-electron chi connectivity index (χ3n) is 6.40. The number of methoxy groups -OCH3 is 2. The highest BCUT2D eigenvalue weighted by atomic mass is 32.1. The first-order valence-electron chi connectivity index (χ1n) is 12.5. The average Bonchev–Trinajstić information content (AvgIpc) is 3.40. The molecule has 0 spiro atoms. The summed E-state index contributed by atoms with van der Waals surface area (Å²) in [5.41, 5.74) is 1.65. The fourth-order valence-corrected chi connectivity index (χ4v) is 5.50. The Labute approximate surface area is 222 Å². The second kappa shape index (κ2) is 12.1. The summed E-state index contributed by atoms with van der Waals surface area (Å²) in [5.74, 6) is 2.05. The summed E-state index contributed by atoms with van der Waals surface area (Å²) >= 11 is 1.71. The van der Waals surface area contributed by atoms with E-state index in [1.54, 1.807) is 54.7 Å². The number of carbonyl (C=O) groups excluding carboxylic acids is 2. The van der Waals surface area contributed by atoms with Gasteiger partial charge in [-0.2, -0.15) is 0 Å². The zero-order valence-corrected chi connectivity index (χ0v) is 22.6. The smallest absolute Gasteiger partial charge is 0.254 e. The Bertz CT molecular complexity index is 1210. The molecule has 2 amide bonds. The highest BCUT2D eigenvalue weighted by Gasteiger charge is 2.33. The van der Waals surface area contributed by atoms with E-state index in [2.05, 4.69) is 11.4 Å². The second-order valence-electron chi connectivity index (χ2n) is 9.45. The number of fused-ring (bicyclic) bond motifs is 1.